The van der Waals surface area contributed by atoms with E-state index >= 15 is 0 Å². The Morgan fingerprint density at radius 1 is 1.56 bits per heavy atom. The summed E-state index contributed by atoms with van der Waals surface area (Å²) in [5, 5.41) is 0.490. The molecule has 0 fully saturated rings. The normalized spacial score (nSPS) is 12.2. The van der Waals surface area contributed by atoms with Crippen LogP contribution in [0.3, 0.4) is 0 Å². The minimum absolute atomic E-state index is 0.0750. The molecule has 0 unspecified atom stereocenters. The molecule has 0 amide bonds. The molecule has 1 rings (SSSR count). The lowest BCUT2D eigenvalue weighted by molar-refractivity contribution is 0.0385. The van der Waals surface area contributed by atoms with E-state index in [1.165, 1.54) is 12.3 Å². The highest BCUT2D eigenvalue weighted by Gasteiger charge is 2.09. The predicted octanol–water partition coefficient (Wildman–Crippen LogP) is 2.32. The minimum Gasteiger partial charge on any atom is -0.461 e. The first-order chi connectivity index (χ1) is 7.63. The van der Waals surface area contributed by atoms with E-state index in [-0.39, 0.29) is 11.8 Å². The molecule has 0 N–H and O–H groups in total. The second kappa shape index (κ2) is 6.45. The number of pyridine rings is 1. The second-order valence-electron chi connectivity index (χ2n) is 3.33. The highest BCUT2D eigenvalue weighted by Crippen LogP contribution is 2.07. The van der Waals surface area contributed by atoms with Gasteiger partial charge in [0.1, 0.15) is 5.69 Å². The van der Waals surface area contributed by atoms with Crippen molar-refractivity contribution in [2.45, 2.75) is 19.4 Å². The van der Waals surface area contributed by atoms with Crippen molar-refractivity contribution in [2.75, 3.05) is 13.7 Å². The van der Waals surface area contributed by atoms with Crippen molar-refractivity contribution in [3.63, 3.8) is 0 Å². The first-order valence-corrected chi connectivity index (χ1v) is 5.32. The molecule has 1 atom stereocenters. The molecule has 0 saturated heterocycles. The van der Waals surface area contributed by atoms with E-state index in [0.717, 1.165) is 0 Å². The molecule has 5 heteroatoms. The molecule has 0 aliphatic rings. The van der Waals surface area contributed by atoms with Crippen LogP contribution in [-0.2, 0) is 9.47 Å². The first kappa shape index (κ1) is 12.9. The number of esters is 1. The van der Waals surface area contributed by atoms with Crippen LogP contribution >= 0.6 is 11.6 Å². The van der Waals surface area contributed by atoms with Crippen molar-refractivity contribution in [3.8, 4) is 0 Å². The van der Waals surface area contributed by atoms with Crippen LogP contribution in [0.15, 0.2) is 18.3 Å². The number of hydrogen-bond donors (Lipinski definition) is 0. The number of methoxy groups -OCH3 is 1. The highest BCUT2D eigenvalue weighted by molar-refractivity contribution is 6.30. The van der Waals surface area contributed by atoms with Crippen LogP contribution in [-0.4, -0.2) is 30.8 Å². The Morgan fingerprint density at radius 2 is 2.31 bits per heavy atom. The molecular formula is C11H14ClNO3. The molecule has 16 heavy (non-hydrogen) atoms. The molecule has 0 aromatic carbocycles. The summed E-state index contributed by atoms with van der Waals surface area (Å²) in [6.07, 6.45) is 2.15. The van der Waals surface area contributed by atoms with Gasteiger partial charge in [0.2, 0.25) is 0 Å². The average molecular weight is 244 g/mol. The van der Waals surface area contributed by atoms with Gasteiger partial charge in [-0.3, -0.25) is 0 Å². The molecule has 0 radical (unpaired) electrons. The fourth-order valence-electron chi connectivity index (χ4n) is 1.01. The molecule has 4 nitrogen and oxygen atoms in total. The number of rotatable bonds is 5. The van der Waals surface area contributed by atoms with E-state index in [0.29, 0.717) is 18.1 Å². The van der Waals surface area contributed by atoms with Gasteiger partial charge in [0.25, 0.3) is 0 Å². The number of halogens is 1. The Bertz CT molecular complexity index is 340. The maximum Gasteiger partial charge on any atom is 0.356 e. The van der Waals surface area contributed by atoms with E-state index in [9.17, 15) is 4.79 Å². The van der Waals surface area contributed by atoms with Gasteiger partial charge in [-0.15, -0.1) is 0 Å². The Labute approximate surface area is 99.5 Å². The lowest BCUT2D eigenvalue weighted by Gasteiger charge is -2.09. The van der Waals surface area contributed by atoms with Crippen LogP contribution in [0.2, 0.25) is 5.02 Å². The Morgan fingerprint density at radius 3 is 2.88 bits per heavy atom. The van der Waals surface area contributed by atoms with Crippen LogP contribution in [0.4, 0.5) is 0 Å². The molecule has 0 bridgehead atoms. The van der Waals surface area contributed by atoms with Gasteiger partial charge in [0.05, 0.1) is 17.7 Å². The van der Waals surface area contributed by atoms with Crippen LogP contribution in [0.1, 0.15) is 23.8 Å². The van der Waals surface area contributed by atoms with Crippen molar-refractivity contribution in [3.05, 3.63) is 29.0 Å². The summed E-state index contributed by atoms with van der Waals surface area (Å²) in [5.41, 5.74) is 0.259. The van der Waals surface area contributed by atoms with Crippen LogP contribution in [0.25, 0.3) is 0 Å². The van der Waals surface area contributed by atoms with Gasteiger partial charge in [0.15, 0.2) is 0 Å². The minimum atomic E-state index is -0.444. The standard InChI is InChI=1S/C11H14ClNO3/c1-8(15-2)5-6-16-11(14)10-4-3-9(12)7-13-10/h3-4,7-8H,5-6H2,1-2H3/t8-/m1/s1. The SMILES string of the molecule is CO[C@H](C)CCOC(=O)c1ccc(Cl)cn1. The van der Waals surface area contributed by atoms with Gasteiger partial charge in [-0.2, -0.15) is 0 Å². The predicted molar refractivity (Wildman–Crippen MR) is 60.6 cm³/mol. The fraction of sp³-hybridized carbons (Fsp3) is 0.455. The lowest BCUT2D eigenvalue weighted by Crippen LogP contribution is -2.13. The number of carbonyl (C=O) groups is 1. The molecule has 1 aromatic rings. The van der Waals surface area contributed by atoms with Crippen LogP contribution in [0.5, 0.6) is 0 Å². The molecule has 0 aliphatic carbocycles. The lowest BCUT2D eigenvalue weighted by atomic mass is 10.3. The van der Waals surface area contributed by atoms with Crippen molar-refractivity contribution < 1.29 is 14.3 Å². The van der Waals surface area contributed by atoms with Gasteiger partial charge in [-0.25, -0.2) is 9.78 Å². The summed E-state index contributed by atoms with van der Waals surface area (Å²) < 4.78 is 10.0. The van der Waals surface area contributed by atoms with Gasteiger partial charge >= 0.3 is 5.97 Å². The largest absolute Gasteiger partial charge is 0.461 e. The first-order valence-electron chi connectivity index (χ1n) is 4.95. The number of carbonyl (C=O) groups excluding carboxylic acids is 1. The summed E-state index contributed by atoms with van der Waals surface area (Å²) in [4.78, 5) is 15.3. The van der Waals surface area contributed by atoms with E-state index in [4.69, 9.17) is 21.1 Å². The van der Waals surface area contributed by atoms with Crippen molar-refractivity contribution in [2.24, 2.45) is 0 Å². The van der Waals surface area contributed by atoms with Gasteiger partial charge < -0.3 is 9.47 Å². The number of hydrogen-bond acceptors (Lipinski definition) is 4. The Kier molecular flexibility index (Phi) is 5.22. The monoisotopic (exact) mass is 243 g/mol. The summed E-state index contributed by atoms with van der Waals surface area (Å²) in [6, 6.07) is 3.13. The number of nitrogens with zero attached hydrogens (tertiary/aromatic N) is 1. The van der Waals surface area contributed by atoms with Crippen molar-refractivity contribution in [1.29, 1.82) is 0 Å². The molecule has 1 heterocycles. The summed E-state index contributed by atoms with van der Waals surface area (Å²) >= 11 is 5.65. The molecule has 88 valence electrons. The quantitative estimate of drug-likeness (QED) is 0.745. The topological polar surface area (TPSA) is 48.4 Å². The highest BCUT2D eigenvalue weighted by atomic mass is 35.5. The van der Waals surface area contributed by atoms with E-state index in [2.05, 4.69) is 4.98 Å². The smallest absolute Gasteiger partial charge is 0.356 e. The van der Waals surface area contributed by atoms with E-state index < -0.39 is 5.97 Å². The maximum atomic E-state index is 11.5. The third-order valence-corrected chi connectivity index (χ3v) is 2.32. The maximum absolute atomic E-state index is 11.5. The molecular weight excluding hydrogens is 230 g/mol. The van der Waals surface area contributed by atoms with Crippen molar-refractivity contribution >= 4 is 17.6 Å². The zero-order chi connectivity index (χ0) is 12.0. The molecule has 0 spiro atoms. The summed E-state index contributed by atoms with van der Waals surface area (Å²) in [6.45, 7) is 2.23. The zero-order valence-electron chi connectivity index (χ0n) is 9.27. The van der Waals surface area contributed by atoms with Gasteiger partial charge in [0, 0.05) is 19.7 Å². The van der Waals surface area contributed by atoms with Crippen LogP contribution in [0, 0.1) is 0 Å². The molecule has 0 aliphatic heterocycles. The van der Waals surface area contributed by atoms with Gasteiger partial charge in [-0.1, -0.05) is 11.6 Å². The molecule has 0 saturated carbocycles. The fourth-order valence-corrected chi connectivity index (χ4v) is 1.12. The van der Waals surface area contributed by atoms with E-state index in [1.807, 2.05) is 6.92 Å². The summed E-state index contributed by atoms with van der Waals surface area (Å²) in [5.74, 6) is -0.444. The average Bonchev–Trinajstić information content (AvgIpc) is 2.29. The molecule has 1 aromatic heterocycles. The third-order valence-electron chi connectivity index (χ3n) is 2.10. The summed E-state index contributed by atoms with van der Waals surface area (Å²) in [7, 11) is 1.62. The Balaban J connectivity index is 2.38. The van der Waals surface area contributed by atoms with E-state index in [1.54, 1.807) is 13.2 Å². The zero-order valence-corrected chi connectivity index (χ0v) is 10.0. The second-order valence-corrected chi connectivity index (χ2v) is 3.77. The van der Waals surface area contributed by atoms with Gasteiger partial charge in [-0.05, 0) is 19.1 Å². The van der Waals surface area contributed by atoms with Crippen molar-refractivity contribution in [1.82, 2.24) is 4.98 Å². The third kappa shape index (κ3) is 4.16. The number of aromatic nitrogens is 1. The number of ether oxygens (including phenoxy) is 2. The van der Waals surface area contributed by atoms with Crippen LogP contribution < -0.4 is 0 Å². The Hall–Kier alpha value is -1.13.